The number of carbonyl (C=O) groups excluding carboxylic acids is 1. The molecule has 2 rings (SSSR count). The lowest BCUT2D eigenvalue weighted by Gasteiger charge is -2.13. The van der Waals surface area contributed by atoms with Crippen LogP contribution in [0.4, 0.5) is 0 Å². The van der Waals surface area contributed by atoms with Crippen molar-refractivity contribution in [2.45, 2.75) is 57.5 Å². The second-order valence-corrected chi connectivity index (χ2v) is 4.63. The van der Waals surface area contributed by atoms with Crippen molar-refractivity contribution in [1.82, 2.24) is 0 Å². The molecule has 1 fully saturated rings. The molecule has 2 aliphatic rings. The van der Waals surface area contributed by atoms with Gasteiger partial charge in [-0.25, -0.2) is 0 Å². The summed E-state index contributed by atoms with van der Waals surface area (Å²) in [5.74, 6) is 0.401. The average molecular weight is 208 g/mol. The maximum Gasteiger partial charge on any atom is 0.136 e. The molecule has 0 amide bonds. The lowest BCUT2D eigenvalue weighted by molar-refractivity contribution is -0.118. The Labute approximate surface area is 91.7 Å². The Bertz CT molecular complexity index is 249. The van der Waals surface area contributed by atoms with Gasteiger partial charge in [-0.05, 0) is 38.5 Å². The SMILES string of the molecule is O=C1CC=C(CCCC2CCCO2)CC1. The fourth-order valence-corrected chi connectivity index (χ4v) is 2.42. The zero-order valence-corrected chi connectivity index (χ0v) is 9.34. The summed E-state index contributed by atoms with van der Waals surface area (Å²) in [6, 6.07) is 0. The van der Waals surface area contributed by atoms with Crippen LogP contribution in [0, 0.1) is 0 Å². The minimum atomic E-state index is 0.401. The van der Waals surface area contributed by atoms with Crippen LogP contribution in [-0.4, -0.2) is 18.5 Å². The van der Waals surface area contributed by atoms with Crippen LogP contribution in [0.2, 0.25) is 0 Å². The first-order chi connectivity index (χ1) is 7.34. The van der Waals surface area contributed by atoms with Gasteiger partial charge in [-0.2, -0.15) is 0 Å². The van der Waals surface area contributed by atoms with Gasteiger partial charge >= 0.3 is 0 Å². The summed E-state index contributed by atoms with van der Waals surface area (Å²) in [6.07, 6.45) is 11.2. The van der Waals surface area contributed by atoms with Crippen molar-refractivity contribution >= 4 is 5.78 Å². The second kappa shape index (κ2) is 5.45. The van der Waals surface area contributed by atoms with Gasteiger partial charge in [0.15, 0.2) is 0 Å². The summed E-state index contributed by atoms with van der Waals surface area (Å²) in [4.78, 5) is 11.0. The highest BCUT2D eigenvalue weighted by atomic mass is 16.5. The zero-order chi connectivity index (χ0) is 10.5. The molecule has 84 valence electrons. The van der Waals surface area contributed by atoms with E-state index in [9.17, 15) is 4.79 Å². The monoisotopic (exact) mass is 208 g/mol. The lowest BCUT2D eigenvalue weighted by Crippen LogP contribution is -2.06. The zero-order valence-electron chi connectivity index (χ0n) is 9.34. The number of carbonyl (C=O) groups is 1. The van der Waals surface area contributed by atoms with Crippen molar-refractivity contribution in [2.75, 3.05) is 6.61 Å². The first kappa shape index (κ1) is 10.9. The van der Waals surface area contributed by atoms with E-state index in [2.05, 4.69) is 6.08 Å². The maximum atomic E-state index is 11.0. The minimum Gasteiger partial charge on any atom is -0.378 e. The van der Waals surface area contributed by atoms with Crippen LogP contribution in [-0.2, 0) is 9.53 Å². The smallest absolute Gasteiger partial charge is 0.136 e. The fourth-order valence-electron chi connectivity index (χ4n) is 2.42. The van der Waals surface area contributed by atoms with E-state index in [0.29, 0.717) is 18.3 Å². The third-order valence-electron chi connectivity index (χ3n) is 3.39. The molecular weight excluding hydrogens is 188 g/mol. The predicted molar refractivity (Wildman–Crippen MR) is 59.8 cm³/mol. The van der Waals surface area contributed by atoms with Crippen molar-refractivity contribution in [3.63, 3.8) is 0 Å². The highest BCUT2D eigenvalue weighted by Gasteiger charge is 2.15. The van der Waals surface area contributed by atoms with Crippen LogP contribution >= 0.6 is 0 Å². The molecule has 0 aromatic carbocycles. The van der Waals surface area contributed by atoms with E-state index in [1.54, 1.807) is 0 Å². The number of ether oxygens (including phenoxy) is 1. The Morgan fingerprint density at radius 3 is 3.00 bits per heavy atom. The minimum absolute atomic E-state index is 0.401. The van der Waals surface area contributed by atoms with Crippen molar-refractivity contribution in [1.29, 1.82) is 0 Å². The van der Waals surface area contributed by atoms with E-state index in [1.807, 2.05) is 0 Å². The molecule has 0 saturated carbocycles. The van der Waals surface area contributed by atoms with E-state index < -0.39 is 0 Å². The summed E-state index contributed by atoms with van der Waals surface area (Å²) in [5, 5.41) is 0. The molecule has 2 nitrogen and oxygen atoms in total. The molecular formula is C13H20O2. The topological polar surface area (TPSA) is 26.3 Å². The molecule has 1 saturated heterocycles. The van der Waals surface area contributed by atoms with Crippen molar-refractivity contribution in [3.8, 4) is 0 Å². The summed E-state index contributed by atoms with van der Waals surface area (Å²) in [5.41, 5.74) is 1.49. The number of allylic oxidation sites excluding steroid dienone is 2. The average Bonchev–Trinajstić information content (AvgIpc) is 2.74. The first-order valence-corrected chi connectivity index (χ1v) is 6.16. The van der Waals surface area contributed by atoms with Crippen LogP contribution in [0.15, 0.2) is 11.6 Å². The Morgan fingerprint density at radius 1 is 1.40 bits per heavy atom. The summed E-state index contributed by atoms with van der Waals surface area (Å²) < 4.78 is 5.59. The second-order valence-electron chi connectivity index (χ2n) is 4.63. The molecule has 1 atom stereocenters. The quantitative estimate of drug-likeness (QED) is 0.664. The largest absolute Gasteiger partial charge is 0.378 e. The number of ketones is 1. The maximum absolute atomic E-state index is 11.0. The molecule has 0 N–H and O–H groups in total. The van der Waals surface area contributed by atoms with E-state index in [1.165, 1.54) is 37.7 Å². The van der Waals surface area contributed by atoms with Gasteiger partial charge in [-0.1, -0.05) is 11.6 Å². The third-order valence-corrected chi connectivity index (χ3v) is 3.39. The van der Waals surface area contributed by atoms with Gasteiger partial charge in [0.2, 0.25) is 0 Å². The molecule has 0 spiro atoms. The molecule has 0 bridgehead atoms. The molecule has 0 aromatic heterocycles. The summed E-state index contributed by atoms with van der Waals surface area (Å²) in [6.45, 7) is 0.960. The van der Waals surface area contributed by atoms with Gasteiger partial charge < -0.3 is 4.74 Å². The number of Topliss-reactive ketones (excluding diaryl/α,β-unsaturated/α-hetero) is 1. The van der Waals surface area contributed by atoms with Gasteiger partial charge in [-0.15, -0.1) is 0 Å². The van der Waals surface area contributed by atoms with E-state index in [-0.39, 0.29) is 0 Å². The molecule has 1 aliphatic carbocycles. The fraction of sp³-hybridized carbons (Fsp3) is 0.769. The van der Waals surface area contributed by atoms with Crippen LogP contribution in [0.1, 0.15) is 51.4 Å². The Kier molecular flexibility index (Phi) is 3.95. The first-order valence-electron chi connectivity index (χ1n) is 6.16. The highest BCUT2D eigenvalue weighted by molar-refractivity contribution is 5.81. The van der Waals surface area contributed by atoms with Crippen LogP contribution in [0.3, 0.4) is 0 Å². The molecule has 0 radical (unpaired) electrons. The predicted octanol–water partition coefficient (Wildman–Crippen LogP) is 3.02. The van der Waals surface area contributed by atoms with Crippen molar-refractivity contribution < 1.29 is 9.53 Å². The Hall–Kier alpha value is -0.630. The lowest BCUT2D eigenvalue weighted by atomic mass is 9.94. The third kappa shape index (κ3) is 3.45. The molecule has 1 unspecified atom stereocenters. The van der Waals surface area contributed by atoms with E-state index >= 15 is 0 Å². The van der Waals surface area contributed by atoms with Crippen molar-refractivity contribution in [2.24, 2.45) is 0 Å². The van der Waals surface area contributed by atoms with Gasteiger partial charge in [0.1, 0.15) is 5.78 Å². The molecule has 1 heterocycles. The number of hydrogen-bond donors (Lipinski definition) is 0. The number of rotatable bonds is 4. The van der Waals surface area contributed by atoms with Crippen LogP contribution < -0.4 is 0 Å². The van der Waals surface area contributed by atoms with E-state index in [0.717, 1.165) is 19.4 Å². The molecule has 15 heavy (non-hydrogen) atoms. The van der Waals surface area contributed by atoms with E-state index in [4.69, 9.17) is 4.74 Å². The summed E-state index contributed by atoms with van der Waals surface area (Å²) >= 11 is 0. The van der Waals surface area contributed by atoms with Crippen LogP contribution in [0.25, 0.3) is 0 Å². The van der Waals surface area contributed by atoms with Gasteiger partial charge in [0.05, 0.1) is 6.10 Å². The molecule has 2 heteroatoms. The Balaban J connectivity index is 1.63. The van der Waals surface area contributed by atoms with Gasteiger partial charge in [-0.3, -0.25) is 4.79 Å². The van der Waals surface area contributed by atoms with Crippen LogP contribution in [0.5, 0.6) is 0 Å². The van der Waals surface area contributed by atoms with Crippen molar-refractivity contribution in [3.05, 3.63) is 11.6 Å². The standard InChI is InChI=1S/C13H20O2/c14-12-8-6-11(7-9-12)3-1-4-13-5-2-10-15-13/h6,13H,1-5,7-10H2. The summed E-state index contributed by atoms with van der Waals surface area (Å²) in [7, 11) is 0. The molecule has 0 aromatic rings. The normalized spacial score (nSPS) is 26.8. The van der Waals surface area contributed by atoms with Gasteiger partial charge in [0, 0.05) is 19.4 Å². The number of hydrogen-bond acceptors (Lipinski definition) is 2. The molecule has 1 aliphatic heterocycles. The highest BCUT2D eigenvalue weighted by Crippen LogP contribution is 2.23. The van der Waals surface area contributed by atoms with Gasteiger partial charge in [0.25, 0.3) is 0 Å². The Morgan fingerprint density at radius 2 is 2.33 bits per heavy atom.